The highest BCUT2D eigenvalue weighted by atomic mass is 32.2. The molecule has 0 aliphatic heterocycles. The van der Waals surface area contributed by atoms with Crippen molar-refractivity contribution in [1.82, 2.24) is 15.3 Å². The van der Waals surface area contributed by atoms with Gasteiger partial charge in [0, 0.05) is 38.1 Å². The van der Waals surface area contributed by atoms with Crippen LogP contribution >= 0.6 is 0 Å². The quantitative estimate of drug-likeness (QED) is 0.839. The van der Waals surface area contributed by atoms with Crippen molar-refractivity contribution >= 4 is 15.7 Å². The molecule has 1 heterocycles. The summed E-state index contributed by atoms with van der Waals surface area (Å²) in [5, 5.41) is 3.34. The van der Waals surface area contributed by atoms with Crippen LogP contribution in [0.3, 0.4) is 0 Å². The Morgan fingerprint density at radius 1 is 1.30 bits per heavy atom. The SMILES string of the molecule is CN(CCS(C)(=O)=O)c1cncc(CNC(C)(C)C)n1. The highest BCUT2D eigenvalue weighted by Crippen LogP contribution is 2.09. The molecule has 0 radical (unpaired) electrons. The lowest BCUT2D eigenvalue weighted by Gasteiger charge is -2.21. The van der Waals surface area contributed by atoms with E-state index in [9.17, 15) is 8.42 Å². The average molecular weight is 300 g/mol. The number of anilines is 1. The van der Waals surface area contributed by atoms with E-state index in [0.29, 0.717) is 18.9 Å². The second-order valence-electron chi connectivity index (χ2n) is 6.02. The van der Waals surface area contributed by atoms with Crippen LogP contribution in [0.5, 0.6) is 0 Å². The molecule has 6 nitrogen and oxygen atoms in total. The normalized spacial score (nSPS) is 12.4. The van der Waals surface area contributed by atoms with E-state index >= 15 is 0 Å². The van der Waals surface area contributed by atoms with Gasteiger partial charge in [-0.3, -0.25) is 4.98 Å². The zero-order valence-corrected chi connectivity index (χ0v) is 13.7. The van der Waals surface area contributed by atoms with Gasteiger partial charge in [-0.2, -0.15) is 0 Å². The summed E-state index contributed by atoms with van der Waals surface area (Å²) in [5.74, 6) is 0.789. The van der Waals surface area contributed by atoms with Gasteiger partial charge in [0.15, 0.2) is 0 Å². The maximum atomic E-state index is 11.2. The first-order valence-electron chi connectivity index (χ1n) is 6.52. The van der Waals surface area contributed by atoms with Crippen molar-refractivity contribution in [1.29, 1.82) is 0 Å². The Morgan fingerprint density at radius 3 is 2.50 bits per heavy atom. The van der Waals surface area contributed by atoms with Gasteiger partial charge in [0.25, 0.3) is 0 Å². The third kappa shape index (κ3) is 6.81. The van der Waals surface area contributed by atoms with E-state index in [1.807, 2.05) is 7.05 Å². The summed E-state index contributed by atoms with van der Waals surface area (Å²) in [4.78, 5) is 10.4. The first-order chi connectivity index (χ1) is 9.07. The van der Waals surface area contributed by atoms with Crippen LogP contribution in [-0.2, 0) is 16.4 Å². The minimum absolute atomic E-state index is 0.0138. The predicted octanol–water partition coefficient (Wildman–Crippen LogP) is 0.845. The van der Waals surface area contributed by atoms with Crippen LogP contribution < -0.4 is 10.2 Å². The number of hydrogen-bond donors (Lipinski definition) is 1. The largest absolute Gasteiger partial charge is 0.357 e. The van der Waals surface area contributed by atoms with E-state index < -0.39 is 9.84 Å². The highest BCUT2D eigenvalue weighted by molar-refractivity contribution is 7.90. The Balaban J connectivity index is 2.67. The van der Waals surface area contributed by atoms with Crippen LogP contribution in [0.25, 0.3) is 0 Å². The lowest BCUT2D eigenvalue weighted by molar-refractivity contribution is 0.421. The molecule has 1 aromatic rings. The van der Waals surface area contributed by atoms with Gasteiger partial charge in [-0.15, -0.1) is 0 Å². The first kappa shape index (κ1) is 16.8. The van der Waals surface area contributed by atoms with E-state index in [-0.39, 0.29) is 11.3 Å². The van der Waals surface area contributed by atoms with E-state index in [2.05, 4.69) is 36.1 Å². The highest BCUT2D eigenvalue weighted by Gasteiger charge is 2.11. The molecule has 0 bridgehead atoms. The summed E-state index contributed by atoms with van der Waals surface area (Å²) in [6.07, 6.45) is 4.59. The summed E-state index contributed by atoms with van der Waals surface area (Å²) < 4.78 is 22.3. The van der Waals surface area contributed by atoms with Crippen LogP contribution in [0.4, 0.5) is 5.82 Å². The maximum absolute atomic E-state index is 11.2. The minimum atomic E-state index is -2.97. The molecule has 0 aliphatic rings. The van der Waals surface area contributed by atoms with Crippen LogP contribution in [0.2, 0.25) is 0 Å². The van der Waals surface area contributed by atoms with Gasteiger partial charge in [0.05, 0.1) is 17.6 Å². The van der Waals surface area contributed by atoms with Crippen LogP contribution in [0.1, 0.15) is 26.5 Å². The summed E-state index contributed by atoms with van der Waals surface area (Å²) in [6.45, 7) is 7.29. The van der Waals surface area contributed by atoms with Gasteiger partial charge in [-0.25, -0.2) is 13.4 Å². The lowest BCUT2D eigenvalue weighted by atomic mass is 10.1. The van der Waals surface area contributed by atoms with E-state index in [4.69, 9.17) is 0 Å². The molecule has 0 saturated carbocycles. The van der Waals surface area contributed by atoms with Crippen molar-refractivity contribution in [2.75, 3.05) is 30.5 Å². The molecule has 0 unspecified atom stereocenters. The van der Waals surface area contributed by atoms with E-state index in [1.165, 1.54) is 6.26 Å². The Kier molecular flexibility index (Phi) is 5.47. The molecule has 0 spiro atoms. The first-order valence-corrected chi connectivity index (χ1v) is 8.58. The van der Waals surface area contributed by atoms with Crippen LogP contribution in [-0.4, -0.2) is 49.5 Å². The molecular formula is C13H24N4O2S. The molecule has 1 rings (SSSR count). The van der Waals surface area contributed by atoms with Gasteiger partial charge < -0.3 is 10.2 Å². The topological polar surface area (TPSA) is 75.2 Å². The number of rotatable bonds is 6. The molecule has 0 fully saturated rings. The van der Waals surface area contributed by atoms with Gasteiger partial charge >= 0.3 is 0 Å². The van der Waals surface area contributed by atoms with Gasteiger partial charge in [-0.05, 0) is 20.8 Å². The average Bonchev–Trinajstić information content (AvgIpc) is 2.32. The summed E-state index contributed by atoms with van der Waals surface area (Å²) >= 11 is 0. The Bertz CT molecular complexity index is 538. The van der Waals surface area contributed by atoms with Gasteiger partial charge in [0.2, 0.25) is 0 Å². The molecule has 20 heavy (non-hydrogen) atoms. The summed E-state index contributed by atoms with van der Waals surface area (Å²) in [5.41, 5.74) is 0.850. The molecular weight excluding hydrogens is 276 g/mol. The molecule has 1 aromatic heterocycles. The molecule has 0 aromatic carbocycles. The Hall–Kier alpha value is -1.21. The Labute approximate surface area is 121 Å². The van der Waals surface area contributed by atoms with E-state index in [0.717, 1.165) is 5.69 Å². The lowest BCUT2D eigenvalue weighted by Crippen LogP contribution is -2.35. The third-order valence-electron chi connectivity index (χ3n) is 2.66. The molecule has 0 amide bonds. The van der Waals surface area contributed by atoms with E-state index in [1.54, 1.807) is 17.3 Å². The monoisotopic (exact) mass is 300 g/mol. The van der Waals surface area contributed by atoms with Crippen molar-refractivity contribution in [3.05, 3.63) is 18.1 Å². The molecule has 0 atom stereocenters. The number of nitrogens with zero attached hydrogens (tertiary/aromatic N) is 3. The molecule has 1 N–H and O–H groups in total. The molecule has 7 heteroatoms. The Morgan fingerprint density at radius 2 is 1.95 bits per heavy atom. The van der Waals surface area contributed by atoms with Crippen LogP contribution in [0, 0.1) is 0 Å². The standard InChI is InChI=1S/C13H24N4O2S/c1-13(2,3)15-9-11-8-14-10-12(16-11)17(4)6-7-20(5,18)19/h8,10,15H,6-7,9H2,1-5H3. The number of aromatic nitrogens is 2. The van der Waals surface area contributed by atoms with Crippen molar-refractivity contribution < 1.29 is 8.42 Å². The van der Waals surface area contributed by atoms with Crippen molar-refractivity contribution in [3.8, 4) is 0 Å². The molecule has 0 aliphatic carbocycles. The van der Waals surface area contributed by atoms with Crippen molar-refractivity contribution in [2.45, 2.75) is 32.9 Å². The van der Waals surface area contributed by atoms with Crippen molar-refractivity contribution in [2.24, 2.45) is 0 Å². The minimum Gasteiger partial charge on any atom is -0.357 e. The van der Waals surface area contributed by atoms with Crippen LogP contribution in [0.15, 0.2) is 12.4 Å². The second-order valence-corrected chi connectivity index (χ2v) is 8.28. The summed E-state index contributed by atoms with van der Waals surface area (Å²) in [7, 11) is -1.15. The van der Waals surface area contributed by atoms with Gasteiger partial charge in [-0.1, -0.05) is 0 Å². The molecule has 114 valence electrons. The zero-order valence-electron chi connectivity index (χ0n) is 12.8. The third-order valence-corrected chi connectivity index (χ3v) is 3.58. The second kappa shape index (κ2) is 6.49. The van der Waals surface area contributed by atoms with Crippen molar-refractivity contribution in [3.63, 3.8) is 0 Å². The number of hydrogen-bond acceptors (Lipinski definition) is 6. The zero-order chi connectivity index (χ0) is 15.4. The number of nitrogens with one attached hydrogen (secondary N) is 1. The fourth-order valence-corrected chi connectivity index (χ4v) is 2.04. The number of sulfone groups is 1. The summed E-state index contributed by atoms with van der Waals surface area (Å²) in [6, 6.07) is 0. The molecule has 0 saturated heterocycles. The fraction of sp³-hybridized carbons (Fsp3) is 0.692. The fourth-order valence-electron chi connectivity index (χ4n) is 1.44. The smallest absolute Gasteiger partial charge is 0.149 e. The maximum Gasteiger partial charge on any atom is 0.149 e. The predicted molar refractivity (Wildman–Crippen MR) is 81.6 cm³/mol. The van der Waals surface area contributed by atoms with Gasteiger partial charge in [0.1, 0.15) is 15.7 Å².